The standard InChI is InChI=1S/C43H44ClN5O5/c44-21-20-34(30-8-3-1-4-9-30)41(31-10-5-2-6-11-31)32-14-16-33(17-15-32)54-27-26-47-22-24-48(25-23-47)40(51)28-45-37-13-7-12-35-36(37)29-49(43(35)53)38-18-19-39(50)46-42(38)52/h1-17,38,45H,18-29H2,(H,46,50,52). The van der Waals surface area contributed by atoms with Gasteiger partial charge in [0.1, 0.15) is 18.4 Å². The van der Waals surface area contributed by atoms with Crippen molar-refractivity contribution in [3.05, 3.63) is 131 Å². The lowest BCUT2D eigenvalue weighted by Gasteiger charge is -2.34. The van der Waals surface area contributed by atoms with Gasteiger partial charge in [-0.1, -0.05) is 78.9 Å². The largest absolute Gasteiger partial charge is 0.492 e. The third kappa shape index (κ3) is 8.35. The zero-order chi connectivity index (χ0) is 37.4. The number of hydrogen-bond donors (Lipinski definition) is 2. The molecule has 3 aliphatic heterocycles. The number of fused-ring (bicyclic) bond motifs is 1. The summed E-state index contributed by atoms with van der Waals surface area (Å²) in [5.41, 5.74) is 7.75. The number of hydrogen-bond acceptors (Lipinski definition) is 7. The van der Waals surface area contributed by atoms with Gasteiger partial charge in [0.15, 0.2) is 0 Å². The maximum atomic E-state index is 13.2. The van der Waals surface area contributed by atoms with E-state index in [1.165, 1.54) is 10.5 Å². The Kier molecular flexibility index (Phi) is 11.7. The van der Waals surface area contributed by atoms with Crippen LogP contribution in [0.25, 0.3) is 11.1 Å². The molecule has 10 nitrogen and oxygen atoms in total. The van der Waals surface area contributed by atoms with Gasteiger partial charge in [0.25, 0.3) is 5.91 Å². The first-order valence-electron chi connectivity index (χ1n) is 18.5. The first-order chi connectivity index (χ1) is 26.4. The number of allylic oxidation sites excluding steroid dienone is 1. The Hall–Kier alpha value is -5.45. The van der Waals surface area contributed by atoms with Crippen molar-refractivity contribution in [3.8, 4) is 5.75 Å². The lowest BCUT2D eigenvalue weighted by Crippen LogP contribution is -2.52. The van der Waals surface area contributed by atoms with Crippen molar-refractivity contribution >= 4 is 52.1 Å². The molecule has 0 spiro atoms. The topological polar surface area (TPSA) is 111 Å². The highest BCUT2D eigenvalue weighted by atomic mass is 35.5. The van der Waals surface area contributed by atoms with Crippen molar-refractivity contribution in [1.29, 1.82) is 0 Å². The van der Waals surface area contributed by atoms with E-state index in [2.05, 4.69) is 76.2 Å². The first-order valence-corrected chi connectivity index (χ1v) is 19.1. The second kappa shape index (κ2) is 17.1. The SMILES string of the molecule is O=C1CCC(N2Cc3c(NCC(=O)N4CCN(CCOc5ccc(C(=C(CCCl)c6ccccc6)c6ccccc6)cc5)CC4)cccc3C2=O)C(=O)N1. The third-order valence-electron chi connectivity index (χ3n) is 10.4. The Bertz CT molecular complexity index is 2010. The molecule has 3 aliphatic rings. The number of alkyl halides is 1. The average molecular weight is 746 g/mol. The Morgan fingerprint density at radius 1 is 0.815 bits per heavy atom. The van der Waals surface area contributed by atoms with Crippen LogP contribution in [-0.4, -0.2) is 96.1 Å². The summed E-state index contributed by atoms with van der Waals surface area (Å²) in [6, 6.07) is 33.8. The van der Waals surface area contributed by atoms with Gasteiger partial charge in [0.05, 0.1) is 6.54 Å². The van der Waals surface area contributed by atoms with Crippen molar-refractivity contribution in [2.24, 2.45) is 0 Å². The van der Waals surface area contributed by atoms with E-state index >= 15 is 0 Å². The molecule has 11 heteroatoms. The molecule has 2 saturated heterocycles. The van der Waals surface area contributed by atoms with Gasteiger partial charge in [-0.05, 0) is 64.9 Å². The number of ether oxygens (including phenoxy) is 1. The van der Waals surface area contributed by atoms with Crippen molar-refractivity contribution < 1.29 is 23.9 Å². The zero-order valence-electron chi connectivity index (χ0n) is 30.1. The van der Waals surface area contributed by atoms with E-state index in [0.29, 0.717) is 43.2 Å². The van der Waals surface area contributed by atoms with Gasteiger partial charge in [-0.25, -0.2) is 0 Å². The van der Waals surface area contributed by atoms with Gasteiger partial charge in [0, 0.05) is 68.4 Å². The number of piperidine rings is 1. The number of nitrogens with zero attached hydrogens (tertiary/aromatic N) is 3. The van der Waals surface area contributed by atoms with Crippen LogP contribution in [0.3, 0.4) is 0 Å². The van der Waals surface area contributed by atoms with Gasteiger partial charge < -0.3 is 19.9 Å². The Morgan fingerprint density at radius 2 is 1.50 bits per heavy atom. The third-order valence-corrected chi connectivity index (χ3v) is 10.6. The monoisotopic (exact) mass is 745 g/mol. The van der Waals surface area contributed by atoms with Gasteiger partial charge >= 0.3 is 0 Å². The number of carbonyl (C=O) groups excluding carboxylic acids is 4. The Morgan fingerprint density at radius 3 is 2.19 bits per heavy atom. The molecule has 1 unspecified atom stereocenters. The summed E-state index contributed by atoms with van der Waals surface area (Å²) in [6.07, 6.45) is 1.25. The van der Waals surface area contributed by atoms with Gasteiger partial charge in [-0.15, -0.1) is 11.6 Å². The average Bonchev–Trinajstić information content (AvgIpc) is 3.54. The molecule has 2 N–H and O–H groups in total. The maximum absolute atomic E-state index is 13.2. The summed E-state index contributed by atoms with van der Waals surface area (Å²) < 4.78 is 6.17. The number of benzene rings is 4. The van der Waals surface area contributed by atoms with E-state index in [1.54, 1.807) is 12.1 Å². The Labute approximate surface area is 320 Å². The highest BCUT2D eigenvalue weighted by molar-refractivity contribution is 6.18. The maximum Gasteiger partial charge on any atom is 0.255 e. The van der Waals surface area contributed by atoms with E-state index < -0.39 is 11.9 Å². The fourth-order valence-corrected chi connectivity index (χ4v) is 7.72. The molecule has 4 aromatic rings. The molecule has 7 rings (SSSR count). The predicted molar refractivity (Wildman–Crippen MR) is 210 cm³/mol. The number of anilines is 1. The molecular weight excluding hydrogens is 702 g/mol. The van der Waals surface area contributed by atoms with E-state index in [4.69, 9.17) is 16.3 Å². The summed E-state index contributed by atoms with van der Waals surface area (Å²) >= 11 is 6.32. The number of halogens is 1. The van der Waals surface area contributed by atoms with E-state index in [1.807, 2.05) is 35.2 Å². The minimum Gasteiger partial charge on any atom is -0.492 e. The Balaban J connectivity index is 0.894. The van der Waals surface area contributed by atoms with Gasteiger partial charge in [-0.2, -0.15) is 0 Å². The molecule has 0 saturated carbocycles. The lowest BCUT2D eigenvalue weighted by atomic mass is 9.88. The van der Waals surface area contributed by atoms with Crippen molar-refractivity contribution in [1.82, 2.24) is 20.0 Å². The second-order valence-corrected chi connectivity index (χ2v) is 14.1. The molecule has 278 valence electrons. The van der Waals surface area contributed by atoms with Crippen LogP contribution in [0.2, 0.25) is 0 Å². The minimum absolute atomic E-state index is 0.0136. The van der Waals surface area contributed by atoms with Crippen LogP contribution < -0.4 is 15.4 Å². The number of rotatable bonds is 13. The van der Waals surface area contributed by atoms with Crippen LogP contribution in [0.5, 0.6) is 5.75 Å². The van der Waals surface area contributed by atoms with E-state index in [-0.39, 0.29) is 37.2 Å². The van der Waals surface area contributed by atoms with Crippen molar-refractivity contribution in [3.63, 3.8) is 0 Å². The summed E-state index contributed by atoms with van der Waals surface area (Å²) in [7, 11) is 0. The predicted octanol–water partition coefficient (Wildman–Crippen LogP) is 5.67. The minimum atomic E-state index is -0.685. The lowest BCUT2D eigenvalue weighted by molar-refractivity contribution is -0.137. The van der Waals surface area contributed by atoms with Crippen LogP contribution in [0.1, 0.15) is 51.9 Å². The van der Waals surface area contributed by atoms with E-state index in [9.17, 15) is 19.2 Å². The van der Waals surface area contributed by atoms with Crippen molar-refractivity contribution in [2.75, 3.05) is 57.1 Å². The summed E-state index contributed by atoms with van der Waals surface area (Å²) in [4.78, 5) is 56.1. The molecule has 4 amide bonds. The van der Waals surface area contributed by atoms with Crippen LogP contribution >= 0.6 is 11.6 Å². The molecule has 1 atom stereocenters. The highest BCUT2D eigenvalue weighted by Gasteiger charge is 2.40. The number of imide groups is 1. The molecule has 4 aromatic carbocycles. The normalized spacial score (nSPS) is 17.9. The number of nitrogens with one attached hydrogen (secondary N) is 2. The molecule has 3 heterocycles. The van der Waals surface area contributed by atoms with Gasteiger partial charge in [0.2, 0.25) is 17.7 Å². The molecule has 0 aliphatic carbocycles. The van der Waals surface area contributed by atoms with Crippen LogP contribution in [0, 0.1) is 0 Å². The molecule has 0 radical (unpaired) electrons. The number of carbonyl (C=O) groups is 4. The van der Waals surface area contributed by atoms with Gasteiger partial charge in [-0.3, -0.25) is 29.4 Å². The quantitative estimate of drug-likeness (QED) is 0.103. The molecular formula is C43H44ClN5O5. The second-order valence-electron chi connectivity index (χ2n) is 13.7. The molecule has 54 heavy (non-hydrogen) atoms. The highest BCUT2D eigenvalue weighted by Crippen LogP contribution is 2.36. The summed E-state index contributed by atoms with van der Waals surface area (Å²) in [5.74, 6) is 0.309. The zero-order valence-corrected chi connectivity index (χ0v) is 30.9. The molecule has 0 bridgehead atoms. The summed E-state index contributed by atoms with van der Waals surface area (Å²) in [5, 5.41) is 5.58. The summed E-state index contributed by atoms with van der Waals surface area (Å²) in [6.45, 7) is 4.36. The first kappa shape index (κ1) is 36.9. The fourth-order valence-electron chi connectivity index (χ4n) is 7.53. The molecule has 2 fully saturated rings. The fraction of sp³-hybridized carbons (Fsp3) is 0.302. The number of amides is 4. The molecule has 0 aromatic heterocycles. The van der Waals surface area contributed by atoms with Crippen LogP contribution in [0.15, 0.2) is 103 Å². The van der Waals surface area contributed by atoms with Crippen LogP contribution in [-0.2, 0) is 20.9 Å². The van der Waals surface area contributed by atoms with E-state index in [0.717, 1.165) is 59.6 Å². The van der Waals surface area contributed by atoms with Crippen molar-refractivity contribution in [2.45, 2.75) is 31.8 Å². The smallest absolute Gasteiger partial charge is 0.255 e. The van der Waals surface area contributed by atoms with Crippen LogP contribution in [0.4, 0.5) is 5.69 Å². The number of piperazine rings is 1.